The molecule has 32 heavy (non-hydrogen) atoms. The number of ether oxygens (including phenoxy) is 3. The van der Waals surface area contributed by atoms with Gasteiger partial charge in [0.15, 0.2) is 12.3 Å². The summed E-state index contributed by atoms with van der Waals surface area (Å²) in [4.78, 5) is 48.9. The van der Waals surface area contributed by atoms with Crippen LogP contribution in [-0.2, 0) is 25.6 Å². The molecule has 1 amide bonds. The van der Waals surface area contributed by atoms with Crippen molar-refractivity contribution in [2.75, 3.05) is 6.07 Å². The van der Waals surface area contributed by atoms with Crippen LogP contribution in [0.3, 0.4) is 0 Å². The molecule has 0 bridgehead atoms. The molecule has 0 spiro atoms. The molecule has 2 rings (SSSR count). The molecule has 9 nitrogen and oxygen atoms in total. The van der Waals surface area contributed by atoms with Crippen molar-refractivity contribution in [1.29, 1.82) is 0 Å². The number of esters is 2. The van der Waals surface area contributed by atoms with Crippen LogP contribution in [-0.4, -0.2) is 34.7 Å². The van der Waals surface area contributed by atoms with Crippen molar-refractivity contribution in [1.82, 2.24) is 9.88 Å². The van der Waals surface area contributed by atoms with Crippen molar-refractivity contribution in [3.63, 3.8) is 0 Å². The highest BCUT2D eigenvalue weighted by atomic mass is 35.5. The van der Waals surface area contributed by atoms with Crippen LogP contribution in [0.2, 0.25) is 0 Å². The van der Waals surface area contributed by atoms with E-state index >= 15 is 0 Å². The number of alkyl carbamates (subject to hydrolysis) is 1. The van der Waals surface area contributed by atoms with Gasteiger partial charge in [0, 0.05) is 12.3 Å². The van der Waals surface area contributed by atoms with Crippen LogP contribution in [0.15, 0.2) is 53.5 Å². The molecule has 0 aliphatic heterocycles. The van der Waals surface area contributed by atoms with Gasteiger partial charge < -0.3 is 19.5 Å². The Balaban J connectivity index is 2.04. The number of benzene rings is 1. The number of rotatable bonds is 9. The summed E-state index contributed by atoms with van der Waals surface area (Å²) < 4.78 is 16.3. The molecule has 0 fully saturated rings. The second kappa shape index (κ2) is 11.9. The smallest absolute Gasteiger partial charge is 0.408 e. The first kappa shape index (κ1) is 24.9. The largest absolute Gasteiger partial charge is 0.446 e. The van der Waals surface area contributed by atoms with Gasteiger partial charge in [-0.15, -0.1) is 0 Å². The molecular weight excluding hydrogens is 440 g/mol. The molecule has 1 N–H and O–H groups in total. The number of halogens is 1. The van der Waals surface area contributed by atoms with Gasteiger partial charge in [-0.25, -0.2) is 14.4 Å². The van der Waals surface area contributed by atoms with E-state index in [9.17, 15) is 19.2 Å². The SMILES string of the molecule is CC(C)[C@H](NC(=O)OCc1ccccc1)C(=O)OC(C)n1cc(C(=O)OCCl)ccc1=O. The maximum absolute atomic E-state index is 12.7. The Morgan fingerprint density at radius 1 is 1.03 bits per heavy atom. The highest BCUT2D eigenvalue weighted by Gasteiger charge is 2.28. The zero-order valence-electron chi connectivity index (χ0n) is 17.9. The van der Waals surface area contributed by atoms with Gasteiger partial charge in [0.25, 0.3) is 5.56 Å². The van der Waals surface area contributed by atoms with Crippen molar-refractivity contribution in [2.45, 2.75) is 39.6 Å². The molecular formula is C22H25ClN2O7. The van der Waals surface area contributed by atoms with Gasteiger partial charge in [-0.2, -0.15) is 0 Å². The Kier molecular flexibility index (Phi) is 9.27. The van der Waals surface area contributed by atoms with Crippen LogP contribution in [0.4, 0.5) is 4.79 Å². The minimum atomic E-state index is -1.05. The zero-order chi connectivity index (χ0) is 23.7. The Bertz CT molecular complexity index is 991. The number of amides is 1. The van der Waals surface area contributed by atoms with Crippen molar-refractivity contribution in [2.24, 2.45) is 5.92 Å². The quantitative estimate of drug-likeness (QED) is 0.344. The first-order chi connectivity index (χ1) is 15.2. The van der Waals surface area contributed by atoms with Gasteiger partial charge in [0.1, 0.15) is 12.6 Å². The molecule has 2 aromatic rings. The summed E-state index contributed by atoms with van der Waals surface area (Å²) in [6, 6.07) is 10.2. The van der Waals surface area contributed by atoms with E-state index in [1.807, 2.05) is 18.2 Å². The summed E-state index contributed by atoms with van der Waals surface area (Å²) >= 11 is 5.39. The third-order valence-electron chi connectivity index (χ3n) is 4.44. The number of pyridine rings is 1. The predicted octanol–water partition coefficient (Wildman–Crippen LogP) is 3.21. The van der Waals surface area contributed by atoms with E-state index < -0.39 is 35.9 Å². The minimum Gasteiger partial charge on any atom is -0.446 e. The standard InChI is InChI=1S/C22H25ClN2O7/c1-14(2)19(24-22(29)30-12-16-7-5-4-6-8-16)21(28)32-15(3)25-11-17(9-10-18(25)26)20(27)31-13-23/h4-11,14-15,19H,12-13H2,1-3H3,(H,24,29)/t15?,19-/m0/s1. The van der Waals surface area contributed by atoms with Gasteiger partial charge >= 0.3 is 18.0 Å². The second-order valence-electron chi connectivity index (χ2n) is 7.17. The van der Waals surface area contributed by atoms with E-state index in [0.717, 1.165) is 16.2 Å². The lowest BCUT2D eigenvalue weighted by Gasteiger charge is -2.24. The summed E-state index contributed by atoms with van der Waals surface area (Å²) in [6.45, 7) is 4.96. The van der Waals surface area contributed by atoms with E-state index in [-0.39, 0.29) is 24.2 Å². The van der Waals surface area contributed by atoms with Crippen LogP contribution in [0.5, 0.6) is 0 Å². The maximum Gasteiger partial charge on any atom is 0.408 e. The van der Waals surface area contributed by atoms with Gasteiger partial charge in [0.05, 0.1) is 5.56 Å². The Hall–Kier alpha value is -3.33. The zero-order valence-corrected chi connectivity index (χ0v) is 18.7. The van der Waals surface area contributed by atoms with E-state index in [0.29, 0.717) is 0 Å². The summed E-state index contributed by atoms with van der Waals surface area (Å²) in [5, 5.41) is 2.49. The molecule has 1 aromatic carbocycles. The number of nitrogens with zero attached hydrogens (tertiary/aromatic N) is 1. The molecule has 1 aromatic heterocycles. The number of carbonyl (C=O) groups excluding carboxylic acids is 3. The molecule has 10 heteroatoms. The third-order valence-corrected chi connectivity index (χ3v) is 4.55. The lowest BCUT2D eigenvalue weighted by atomic mass is 10.1. The van der Waals surface area contributed by atoms with E-state index in [1.165, 1.54) is 19.2 Å². The number of hydrogen-bond acceptors (Lipinski definition) is 7. The van der Waals surface area contributed by atoms with Crippen molar-refractivity contribution >= 4 is 29.6 Å². The van der Waals surface area contributed by atoms with Gasteiger partial charge in [-0.3, -0.25) is 9.36 Å². The first-order valence-corrected chi connectivity index (χ1v) is 10.4. The number of aromatic nitrogens is 1. The Morgan fingerprint density at radius 3 is 2.34 bits per heavy atom. The third kappa shape index (κ3) is 7.12. The highest BCUT2D eigenvalue weighted by Crippen LogP contribution is 2.13. The normalized spacial score (nSPS) is 12.5. The average molecular weight is 465 g/mol. The summed E-state index contributed by atoms with van der Waals surface area (Å²) in [5.41, 5.74) is 0.368. The molecule has 1 unspecified atom stereocenters. The molecule has 1 heterocycles. The molecule has 0 saturated carbocycles. The van der Waals surface area contributed by atoms with Crippen molar-refractivity contribution in [3.8, 4) is 0 Å². The fourth-order valence-corrected chi connectivity index (χ4v) is 2.83. The van der Waals surface area contributed by atoms with Crippen molar-refractivity contribution in [3.05, 3.63) is 70.1 Å². The number of alkyl halides is 1. The Morgan fingerprint density at radius 2 is 1.72 bits per heavy atom. The number of carbonyl (C=O) groups is 3. The average Bonchev–Trinajstić information content (AvgIpc) is 2.76. The van der Waals surface area contributed by atoms with E-state index in [4.69, 9.17) is 25.8 Å². The predicted molar refractivity (Wildman–Crippen MR) is 116 cm³/mol. The lowest BCUT2D eigenvalue weighted by molar-refractivity contribution is -0.156. The van der Waals surface area contributed by atoms with Crippen LogP contribution < -0.4 is 10.9 Å². The van der Waals surface area contributed by atoms with E-state index in [2.05, 4.69) is 5.32 Å². The fourth-order valence-electron chi connectivity index (χ4n) is 2.73. The molecule has 0 aliphatic rings. The van der Waals surface area contributed by atoms with Crippen LogP contribution in [0.25, 0.3) is 0 Å². The summed E-state index contributed by atoms with van der Waals surface area (Å²) in [6.07, 6.45) is -0.622. The van der Waals surface area contributed by atoms with Crippen molar-refractivity contribution < 1.29 is 28.6 Å². The monoisotopic (exact) mass is 464 g/mol. The second-order valence-corrected chi connectivity index (χ2v) is 7.39. The molecule has 172 valence electrons. The van der Waals surface area contributed by atoms with Gasteiger partial charge in [0.2, 0.25) is 0 Å². The highest BCUT2D eigenvalue weighted by molar-refractivity contribution is 6.17. The van der Waals surface area contributed by atoms with Crippen LogP contribution in [0, 0.1) is 5.92 Å². The minimum absolute atomic E-state index is 0.0452. The molecule has 2 atom stereocenters. The number of hydrogen-bond donors (Lipinski definition) is 1. The van der Waals surface area contributed by atoms with Gasteiger partial charge in [-0.1, -0.05) is 55.8 Å². The fraction of sp³-hybridized carbons (Fsp3) is 0.364. The molecule has 0 aliphatic carbocycles. The van der Waals surface area contributed by atoms with E-state index in [1.54, 1.807) is 26.0 Å². The summed E-state index contributed by atoms with van der Waals surface area (Å²) in [5.74, 6) is -1.80. The lowest BCUT2D eigenvalue weighted by Crippen LogP contribution is -2.46. The Labute approximate surface area is 190 Å². The molecule has 0 radical (unpaired) electrons. The van der Waals surface area contributed by atoms with Gasteiger partial charge in [-0.05, 0) is 24.5 Å². The molecule has 0 saturated heterocycles. The topological polar surface area (TPSA) is 113 Å². The van der Waals surface area contributed by atoms with Crippen LogP contribution >= 0.6 is 11.6 Å². The maximum atomic E-state index is 12.7. The summed E-state index contributed by atoms with van der Waals surface area (Å²) in [7, 11) is 0. The number of nitrogens with one attached hydrogen (secondary N) is 1. The first-order valence-electron chi connectivity index (χ1n) is 9.86. The van der Waals surface area contributed by atoms with Crippen LogP contribution in [0.1, 0.15) is 42.9 Å².